The van der Waals surface area contributed by atoms with Gasteiger partial charge in [0.05, 0.1) is 20.6 Å². The Kier molecular flexibility index (Phi) is 4.19. The molecule has 0 unspecified atom stereocenters. The summed E-state index contributed by atoms with van der Waals surface area (Å²) in [6.45, 7) is 0. The van der Waals surface area contributed by atoms with E-state index in [0.29, 0.717) is 0 Å². The fourth-order valence-corrected chi connectivity index (χ4v) is 1.28. The molecule has 94 valence electrons. The van der Waals surface area contributed by atoms with Crippen LogP contribution in [0.3, 0.4) is 0 Å². The van der Waals surface area contributed by atoms with Gasteiger partial charge in [0.2, 0.25) is 0 Å². The summed E-state index contributed by atoms with van der Waals surface area (Å²) in [4.78, 5) is 14.6. The zero-order valence-corrected chi connectivity index (χ0v) is 9.37. The normalized spacial score (nSPS) is 10.4. The van der Waals surface area contributed by atoms with Crippen LogP contribution in [-0.2, 0) is 16.0 Å². The van der Waals surface area contributed by atoms with Gasteiger partial charge < -0.3 is 15.2 Å². The summed E-state index contributed by atoms with van der Waals surface area (Å²) < 4.78 is 34.6. The van der Waals surface area contributed by atoms with Crippen LogP contribution in [0.5, 0.6) is 5.75 Å². The number of nitrogens with two attached hydrogens (primary N) is 1. The van der Waals surface area contributed by atoms with Crippen molar-refractivity contribution in [3.8, 4) is 5.75 Å². The van der Waals surface area contributed by atoms with Crippen molar-refractivity contribution in [1.82, 2.24) is 4.98 Å². The third kappa shape index (κ3) is 3.02. The number of nitrogen functional groups attached to an aromatic ring is 1. The van der Waals surface area contributed by atoms with E-state index in [9.17, 15) is 13.6 Å². The molecule has 1 heterocycles. The van der Waals surface area contributed by atoms with Crippen LogP contribution in [0.1, 0.15) is 17.7 Å². The Morgan fingerprint density at radius 1 is 1.53 bits per heavy atom. The lowest BCUT2D eigenvalue weighted by molar-refractivity contribution is -0.139. The highest BCUT2D eigenvalue weighted by atomic mass is 19.3. The molecule has 1 aromatic heterocycles. The Balaban J connectivity index is 3.19. The molecular formula is C10H12F2N2O3. The van der Waals surface area contributed by atoms with Crippen LogP contribution in [0.2, 0.25) is 0 Å². The van der Waals surface area contributed by atoms with Gasteiger partial charge in [0.15, 0.2) is 11.6 Å². The summed E-state index contributed by atoms with van der Waals surface area (Å²) in [6, 6.07) is 1.26. The van der Waals surface area contributed by atoms with Crippen molar-refractivity contribution >= 4 is 11.8 Å². The molecule has 0 amide bonds. The van der Waals surface area contributed by atoms with Crippen molar-refractivity contribution in [3.63, 3.8) is 0 Å². The molecule has 0 spiro atoms. The van der Waals surface area contributed by atoms with Crippen LogP contribution < -0.4 is 10.5 Å². The first-order valence-corrected chi connectivity index (χ1v) is 4.67. The zero-order chi connectivity index (χ0) is 13.0. The number of rotatable bonds is 4. The minimum atomic E-state index is -2.82. The highest BCUT2D eigenvalue weighted by Crippen LogP contribution is 2.28. The number of nitrogens with zero attached hydrogens (tertiary/aromatic N) is 1. The van der Waals surface area contributed by atoms with Gasteiger partial charge in [-0.05, 0) is 11.6 Å². The number of hydrogen-bond acceptors (Lipinski definition) is 5. The topological polar surface area (TPSA) is 74.4 Å². The van der Waals surface area contributed by atoms with E-state index in [-0.39, 0.29) is 23.6 Å². The smallest absolute Gasteiger partial charge is 0.310 e. The fraction of sp³-hybridized carbons (Fsp3) is 0.400. The maximum atomic E-state index is 12.7. The number of carbonyl (C=O) groups excluding carboxylic acids is 1. The molecule has 0 atom stereocenters. The first-order valence-electron chi connectivity index (χ1n) is 4.67. The summed E-state index contributed by atoms with van der Waals surface area (Å²) in [5, 5.41) is 0. The summed E-state index contributed by atoms with van der Waals surface area (Å²) in [5.41, 5.74) is 4.92. The van der Waals surface area contributed by atoms with Crippen molar-refractivity contribution in [1.29, 1.82) is 0 Å². The summed E-state index contributed by atoms with van der Waals surface area (Å²) in [5.74, 6) is -0.634. The van der Waals surface area contributed by atoms with Gasteiger partial charge in [-0.2, -0.15) is 0 Å². The second kappa shape index (κ2) is 5.42. The Hall–Kier alpha value is -1.92. The molecule has 0 saturated carbocycles. The number of halogens is 2. The minimum absolute atomic E-state index is 0.0397. The molecule has 1 aromatic rings. The fourth-order valence-electron chi connectivity index (χ4n) is 1.28. The number of anilines is 1. The van der Waals surface area contributed by atoms with Crippen LogP contribution in [0.25, 0.3) is 0 Å². The molecule has 0 aliphatic carbocycles. The molecule has 2 N–H and O–H groups in total. The summed E-state index contributed by atoms with van der Waals surface area (Å²) in [6.07, 6.45) is -3.12. The average Bonchev–Trinajstić information content (AvgIpc) is 2.30. The van der Waals surface area contributed by atoms with Crippen LogP contribution >= 0.6 is 0 Å². The van der Waals surface area contributed by atoms with Crippen LogP contribution in [0.4, 0.5) is 14.6 Å². The second-order valence-electron chi connectivity index (χ2n) is 3.17. The maximum absolute atomic E-state index is 12.7. The number of alkyl halides is 2. The van der Waals surface area contributed by atoms with E-state index in [1.54, 1.807) is 0 Å². The monoisotopic (exact) mass is 246 g/mol. The number of pyridine rings is 1. The molecule has 5 nitrogen and oxygen atoms in total. The molecule has 0 radical (unpaired) electrons. The van der Waals surface area contributed by atoms with Gasteiger partial charge in [-0.1, -0.05) is 0 Å². The Morgan fingerprint density at radius 2 is 2.18 bits per heavy atom. The van der Waals surface area contributed by atoms with E-state index >= 15 is 0 Å². The third-order valence-corrected chi connectivity index (χ3v) is 2.12. The van der Waals surface area contributed by atoms with Gasteiger partial charge in [-0.3, -0.25) is 4.79 Å². The van der Waals surface area contributed by atoms with Crippen LogP contribution in [0.15, 0.2) is 6.07 Å². The van der Waals surface area contributed by atoms with Crippen molar-refractivity contribution in [2.24, 2.45) is 0 Å². The third-order valence-electron chi connectivity index (χ3n) is 2.12. The van der Waals surface area contributed by atoms with E-state index in [0.717, 1.165) is 0 Å². The number of esters is 1. The van der Waals surface area contributed by atoms with Crippen molar-refractivity contribution in [3.05, 3.63) is 17.3 Å². The molecule has 0 saturated heterocycles. The zero-order valence-electron chi connectivity index (χ0n) is 9.37. The molecule has 17 heavy (non-hydrogen) atoms. The van der Waals surface area contributed by atoms with Gasteiger partial charge in [0.1, 0.15) is 5.69 Å². The molecule has 0 bridgehead atoms. The van der Waals surface area contributed by atoms with Crippen LogP contribution in [0, 0.1) is 0 Å². The van der Waals surface area contributed by atoms with E-state index in [1.807, 2.05) is 0 Å². The quantitative estimate of drug-likeness (QED) is 0.811. The van der Waals surface area contributed by atoms with E-state index < -0.39 is 18.1 Å². The van der Waals surface area contributed by atoms with Crippen molar-refractivity contribution < 1.29 is 23.0 Å². The SMILES string of the molecule is COC(=O)Cc1cc(OC)c(N)nc1C(F)F. The predicted molar refractivity (Wildman–Crippen MR) is 55.9 cm³/mol. The molecule has 0 aliphatic heterocycles. The lowest BCUT2D eigenvalue weighted by Gasteiger charge is -2.11. The minimum Gasteiger partial charge on any atom is -0.493 e. The van der Waals surface area contributed by atoms with Crippen LogP contribution in [-0.4, -0.2) is 25.2 Å². The molecule has 0 aliphatic rings. The average molecular weight is 246 g/mol. The number of hydrogen-bond donors (Lipinski definition) is 1. The summed E-state index contributed by atoms with van der Waals surface area (Å²) >= 11 is 0. The Labute approximate surface area is 96.5 Å². The Morgan fingerprint density at radius 3 is 2.65 bits per heavy atom. The molecule has 0 fully saturated rings. The van der Waals surface area contributed by atoms with Crippen molar-refractivity contribution in [2.75, 3.05) is 20.0 Å². The maximum Gasteiger partial charge on any atom is 0.310 e. The molecular weight excluding hydrogens is 234 g/mol. The largest absolute Gasteiger partial charge is 0.493 e. The lowest BCUT2D eigenvalue weighted by atomic mass is 10.1. The number of carbonyl (C=O) groups is 1. The van der Waals surface area contributed by atoms with E-state index in [4.69, 9.17) is 10.5 Å². The molecule has 7 heteroatoms. The van der Waals surface area contributed by atoms with E-state index in [2.05, 4.69) is 9.72 Å². The summed E-state index contributed by atoms with van der Waals surface area (Å²) in [7, 11) is 2.50. The standard InChI is InChI=1S/C10H12F2N2O3/c1-16-6-3-5(4-7(15)17-2)8(9(11)12)14-10(6)13/h3,9H,4H2,1-2H3,(H2,13,14). The highest BCUT2D eigenvalue weighted by molar-refractivity contribution is 5.73. The first kappa shape index (κ1) is 13.1. The number of methoxy groups -OCH3 is 2. The lowest BCUT2D eigenvalue weighted by Crippen LogP contribution is -2.10. The first-order chi connectivity index (χ1) is 7.99. The van der Waals surface area contributed by atoms with Gasteiger partial charge in [-0.15, -0.1) is 0 Å². The molecule has 1 rings (SSSR count). The van der Waals surface area contributed by atoms with Crippen molar-refractivity contribution in [2.45, 2.75) is 12.8 Å². The Bertz CT molecular complexity index is 424. The van der Waals surface area contributed by atoms with E-state index in [1.165, 1.54) is 20.3 Å². The molecule has 0 aromatic carbocycles. The number of aromatic nitrogens is 1. The highest BCUT2D eigenvalue weighted by Gasteiger charge is 2.20. The van der Waals surface area contributed by atoms with Gasteiger partial charge in [0, 0.05) is 0 Å². The second-order valence-corrected chi connectivity index (χ2v) is 3.17. The number of ether oxygens (including phenoxy) is 2. The van der Waals surface area contributed by atoms with Gasteiger partial charge in [-0.25, -0.2) is 13.8 Å². The predicted octanol–water partition coefficient (Wildman–Crippen LogP) is 1.33. The van der Waals surface area contributed by atoms with Gasteiger partial charge in [0.25, 0.3) is 6.43 Å². The van der Waals surface area contributed by atoms with Gasteiger partial charge >= 0.3 is 5.97 Å².